The molecule has 0 N–H and O–H groups in total. The summed E-state index contributed by atoms with van der Waals surface area (Å²) in [6.07, 6.45) is 5.33. The van der Waals surface area contributed by atoms with Gasteiger partial charge in [0.1, 0.15) is 6.10 Å². The van der Waals surface area contributed by atoms with Crippen LogP contribution in [0.15, 0.2) is 36.4 Å². The quantitative estimate of drug-likeness (QED) is 0.293. The number of non-ortho nitro benzene ring substituents is 1. The van der Waals surface area contributed by atoms with Crippen molar-refractivity contribution in [1.29, 1.82) is 0 Å². The molecule has 0 aliphatic heterocycles. The lowest BCUT2D eigenvalue weighted by Crippen LogP contribution is -2.23. The van der Waals surface area contributed by atoms with Gasteiger partial charge in [-0.15, -0.1) is 0 Å². The van der Waals surface area contributed by atoms with Crippen LogP contribution in [0, 0.1) is 16.0 Å². The molecule has 0 unspecified atom stereocenters. The van der Waals surface area contributed by atoms with Crippen LogP contribution < -0.4 is 0 Å². The van der Waals surface area contributed by atoms with Crippen LogP contribution in [0.3, 0.4) is 0 Å². The van der Waals surface area contributed by atoms with Crippen LogP contribution in [0.4, 0.5) is 5.69 Å². The summed E-state index contributed by atoms with van der Waals surface area (Å²) in [5.74, 6) is -0.307. The molecule has 132 valence electrons. The summed E-state index contributed by atoms with van der Waals surface area (Å²) in [7, 11) is 1.67. The Labute approximate surface area is 142 Å². The fourth-order valence-electron chi connectivity index (χ4n) is 2.00. The highest BCUT2D eigenvalue weighted by Crippen LogP contribution is 2.17. The fraction of sp³-hybridized carbons (Fsp3) is 0.500. The van der Waals surface area contributed by atoms with Crippen molar-refractivity contribution in [2.75, 3.05) is 7.11 Å². The predicted molar refractivity (Wildman–Crippen MR) is 92.0 cm³/mol. The van der Waals surface area contributed by atoms with Gasteiger partial charge >= 0.3 is 5.97 Å². The van der Waals surface area contributed by atoms with E-state index >= 15 is 0 Å². The topological polar surface area (TPSA) is 78.7 Å². The monoisotopic (exact) mass is 335 g/mol. The number of nitro groups is 1. The van der Waals surface area contributed by atoms with Crippen LogP contribution in [0.1, 0.15) is 44.0 Å². The van der Waals surface area contributed by atoms with Gasteiger partial charge in [-0.3, -0.25) is 10.1 Å². The molecule has 0 spiro atoms. The summed E-state index contributed by atoms with van der Waals surface area (Å²) in [5.41, 5.74) is 0.255. The van der Waals surface area contributed by atoms with Crippen LogP contribution >= 0.6 is 0 Å². The first-order chi connectivity index (χ1) is 11.3. The van der Waals surface area contributed by atoms with Crippen molar-refractivity contribution < 1.29 is 19.2 Å². The van der Waals surface area contributed by atoms with E-state index in [1.54, 1.807) is 7.11 Å². The number of carbonyl (C=O) groups is 1. The molecule has 6 heteroatoms. The first kappa shape index (κ1) is 19.8. The molecule has 1 aromatic carbocycles. The van der Waals surface area contributed by atoms with Crippen LogP contribution in [0.5, 0.6) is 0 Å². The van der Waals surface area contributed by atoms with Crippen LogP contribution in [0.2, 0.25) is 0 Å². The van der Waals surface area contributed by atoms with Crippen molar-refractivity contribution in [2.24, 2.45) is 5.92 Å². The van der Waals surface area contributed by atoms with Gasteiger partial charge < -0.3 is 9.47 Å². The Balaban J connectivity index is 2.63. The standard InChI is InChI=1S/C18H25NO5/c1-13(2)17(8-6-5-7-14(3)23-4)24-18(20)15-9-11-16(12-10-15)19(21)22/h5-6,9-14,17H,7-8H2,1-4H3/b6-5-/t14-,17+/m1/s1. The minimum absolute atomic E-state index is 0.0536. The van der Waals surface area contributed by atoms with E-state index in [2.05, 4.69) is 0 Å². The molecule has 0 heterocycles. The molecule has 0 radical (unpaired) electrons. The number of ether oxygens (including phenoxy) is 2. The fourth-order valence-corrected chi connectivity index (χ4v) is 2.00. The summed E-state index contributed by atoms with van der Waals surface area (Å²) < 4.78 is 10.7. The lowest BCUT2D eigenvalue weighted by Gasteiger charge is -2.20. The number of hydrogen-bond donors (Lipinski definition) is 0. The van der Waals surface area contributed by atoms with Crippen molar-refractivity contribution >= 4 is 11.7 Å². The second-order valence-corrected chi connectivity index (χ2v) is 5.98. The maximum Gasteiger partial charge on any atom is 0.338 e. The number of nitrogens with zero attached hydrogens (tertiary/aromatic N) is 1. The van der Waals surface area contributed by atoms with Crippen molar-refractivity contribution in [2.45, 2.75) is 45.8 Å². The van der Waals surface area contributed by atoms with Crippen molar-refractivity contribution in [3.63, 3.8) is 0 Å². The normalized spacial score (nSPS) is 13.9. The zero-order chi connectivity index (χ0) is 18.1. The summed E-state index contributed by atoms with van der Waals surface area (Å²) in [6, 6.07) is 5.42. The molecule has 0 aliphatic carbocycles. The van der Waals surface area contributed by atoms with Gasteiger partial charge in [-0.1, -0.05) is 26.0 Å². The van der Waals surface area contributed by atoms with Gasteiger partial charge in [-0.2, -0.15) is 0 Å². The first-order valence-corrected chi connectivity index (χ1v) is 7.98. The lowest BCUT2D eigenvalue weighted by atomic mass is 10.0. The third-order valence-electron chi connectivity index (χ3n) is 3.72. The molecular formula is C18H25NO5. The molecule has 24 heavy (non-hydrogen) atoms. The van der Waals surface area contributed by atoms with Crippen molar-refractivity contribution in [3.8, 4) is 0 Å². The third-order valence-corrected chi connectivity index (χ3v) is 3.72. The van der Waals surface area contributed by atoms with Crippen molar-refractivity contribution in [1.82, 2.24) is 0 Å². The molecule has 0 fully saturated rings. The molecule has 0 aliphatic rings. The Hall–Kier alpha value is -2.21. The zero-order valence-corrected chi connectivity index (χ0v) is 14.6. The van der Waals surface area contributed by atoms with E-state index in [1.165, 1.54) is 24.3 Å². The SMILES string of the molecule is CO[C@H](C)C/C=C\C[C@H](OC(=O)c1ccc([N+](=O)[O-])cc1)C(C)C. The van der Waals surface area contributed by atoms with Crippen LogP contribution in [-0.4, -0.2) is 30.2 Å². The molecular weight excluding hydrogens is 310 g/mol. The Bertz CT molecular complexity index is 565. The number of nitro benzene ring substituents is 1. The molecule has 1 aromatic rings. The lowest BCUT2D eigenvalue weighted by molar-refractivity contribution is -0.384. The number of methoxy groups -OCH3 is 1. The molecule has 1 rings (SSSR count). The number of esters is 1. The van der Waals surface area contributed by atoms with Gasteiger partial charge in [0.25, 0.3) is 5.69 Å². The van der Waals surface area contributed by atoms with E-state index < -0.39 is 10.9 Å². The van der Waals surface area contributed by atoms with E-state index in [0.717, 1.165) is 6.42 Å². The highest BCUT2D eigenvalue weighted by atomic mass is 16.6. The first-order valence-electron chi connectivity index (χ1n) is 7.98. The Kier molecular flexibility index (Phi) is 8.12. The maximum absolute atomic E-state index is 12.2. The largest absolute Gasteiger partial charge is 0.458 e. The van der Waals surface area contributed by atoms with Gasteiger partial charge in [-0.25, -0.2) is 4.79 Å². The molecule has 0 amide bonds. The summed E-state index contributed by atoms with van der Waals surface area (Å²) in [6.45, 7) is 5.96. The number of rotatable bonds is 9. The number of hydrogen-bond acceptors (Lipinski definition) is 5. The van der Waals surface area contributed by atoms with Gasteiger partial charge in [0.15, 0.2) is 0 Å². The number of carbonyl (C=O) groups excluding carboxylic acids is 1. The Morgan fingerprint density at radius 2 is 1.75 bits per heavy atom. The van der Waals surface area contributed by atoms with Crippen molar-refractivity contribution in [3.05, 3.63) is 52.1 Å². The highest BCUT2D eigenvalue weighted by molar-refractivity contribution is 5.89. The minimum atomic E-state index is -0.502. The molecule has 0 bridgehead atoms. The maximum atomic E-state index is 12.2. The highest BCUT2D eigenvalue weighted by Gasteiger charge is 2.19. The van der Waals surface area contributed by atoms with Gasteiger partial charge in [0.2, 0.25) is 0 Å². The summed E-state index contributed by atoms with van der Waals surface area (Å²) in [4.78, 5) is 22.3. The molecule has 6 nitrogen and oxygen atoms in total. The second-order valence-electron chi connectivity index (χ2n) is 5.98. The molecule has 0 aromatic heterocycles. The summed E-state index contributed by atoms with van der Waals surface area (Å²) in [5, 5.41) is 10.6. The molecule has 0 saturated heterocycles. The second kappa shape index (κ2) is 9.82. The molecule has 0 saturated carbocycles. The Morgan fingerprint density at radius 3 is 2.25 bits per heavy atom. The Morgan fingerprint density at radius 1 is 1.17 bits per heavy atom. The van der Waals surface area contributed by atoms with E-state index in [0.29, 0.717) is 12.0 Å². The molecule has 2 atom stereocenters. The average Bonchev–Trinajstić information content (AvgIpc) is 2.56. The average molecular weight is 335 g/mol. The van der Waals surface area contributed by atoms with Crippen LogP contribution in [-0.2, 0) is 9.47 Å². The zero-order valence-electron chi connectivity index (χ0n) is 14.6. The van der Waals surface area contributed by atoms with Gasteiger partial charge in [0, 0.05) is 25.7 Å². The summed E-state index contributed by atoms with van der Waals surface area (Å²) >= 11 is 0. The van der Waals surface area contributed by atoms with E-state index in [-0.39, 0.29) is 23.8 Å². The van der Waals surface area contributed by atoms with E-state index in [9.17, 15) is 14.9 Å². The predicted octanol–water partition coefficient (Wildman–Crippen LogP) is 4.15. The number of benzene rings is 1. The smallest absolute Gasteiger partial charge is 0.338 e. The third kappa shape index (κ3) is 6.50. The van der Waals surface area contributed by atoms with Gasteiger partial charge in [0.05, 0.1) is 16.6 Å². The van der Waals surface area contributed by atoms with E-state index in [4.69, 9.17) is 9.47 Å². The van der Waals surface area contributed by atoms with Crippen LogP contribution in [0.25, 0.3) is 0 Å². The van der Waals surface area contributed by atoms with Gasteiger partial charge in [-0.05, 0) is 31.4 Å². The van der Waals surface area contributed by atoms with E-state index in [1.807, 2.05) is 32.9 Å². The minimum Gasteiger partial charge on any atom is -0.458 e.